The van der Waals surface area contributed by atoms with Crippen LogP contribution in [0.2, 0.25) is 0 Å². The van der Waals surface area contributed by atoms with Gasteiger partial charge in [-0.05, 0) is 39.3 Å². The Balaban J connectivity index is 1.86. The minimum absolute atomic E-state index is 0.165. The van der Waals surface area contributed by atoms with Crippen LogP contribution in [0.3, 0.4) is 0 Å². The summed E-state index contributed by atoms with van der Waals surface area (Å²) in [5.41, 5.74) is 2.77. The van der Waals surface area contributed by atoms with Gasteiger partial charge in [-0.3, -0.25) is 9.48 Å². The summed E-state index contributed by atoms with van der Waals surface area (Å²) < 4.78 is 7.00. The quantitative estimate of drug-likeness (QED) is 0.777. The molecule has 0 aliphatic carbocycles. The summed E-state index contributed by atoms with van der Waals surface area (Å²) in [7, 11) is 0. The van der Waals surface area contributed by atoms with E-state index in [1.54, 1.807) is 12.3 Å². The van der Waals surface area contributed by atoms with Gasteiger partial charge in [-0.2, -0.15) is 5.10 Å². The maximum absolute atomic E-state index is 12.7. The standard InChI is InChI=1S/C19H22N4O2/c1-5-16-15(12-23(22-16)19(2,3)4)18(24)21-14-8-6-7-13(11-14)17-9-10-20-25-17/h6-12H,5H2,1-4H3,(H,21,24). The largest absolute Gasteiger partial charge is 0.356 e. The predicted molar refractivity (Wildman–Crippen MR) is 96.5 cm³/mol. The van der Waals surface area contributed by atoms with Crippen LogP contribution < -0.4 is 5.32 Å². The van der Waals surface area contributed by atoms with Crippen molar-refractivity contribution >= 4 is 11.6 Å². The molecule has 25 heavy (non-hydrogen) atoms. The van der Waals surface area contributed by atoms with Crippen LogP contribution in [0.25, 0.3) is 11.3 Å². The molecule has 0 fully saturated rings. The molecule has 0 atom stereocenters. The maximum atomic E-state index is 12.7. The summed E-state index contributed by atoms with van der Waals surface area (Å²) in [6, 6.07) is 9.26. The van der Waals surface area contributed by atoms with Crippen LogP contribution in [0.15, 0.2) is 47.2 Å². The Kier molecular flexibility index (Phi) is 4.44. The zero-order valence-electron chi connectivity index (χ0n) is 14.9. The predicted octanol–water partition coefficient (Wildman–Crippen LogP) is 4.11. The number of carbonyl (C=O) groups is 1. The molecular formula is C19H22N4O2. The topological polar surface area (TPSA) is 73.0 Å². The number of anilines is 1. The molecule has 130 valence electrons. The van der Waals surface area contributed by atoms with Crippen LogP contribution in [0.4, 0.5) is 5.69 Å². The molecule has 0 bridgehead atoms. The van der Waals surface area contributed by atoms with E-state index in [1.807, 2.05) is 42.1 Å². The molecule has 0 saturated carbocycles. The van der Waals surface area contributed by atoms with Gasteiger partial charge in [-0.25, -0.2) is 0 Å². The van der Waals surface area contributed by atoms with E-state index in [9.17, 15) is 4.79 Å². The van der Waals surface area contributed by atoms with Gasteiger partial charge >= 0.3 is 0 Å². The number of hydrogen-bond donors (Lipinski definition) is 1. The lowest BCUT2D eigenvalue weighted by molar-refractivity contribution is 0.102. The molecule has 1 aromatic carbocycles. The number of aryl methyl sites for hydroxylation is 1. The fraction of sp³-hybridized carbons (Fsp3) is 0.316. The molecule has 2 heterocycles. The lowest BCUT2D eigenvalue weighted by Gasteiger charge is -2.18. The Morgan fingerprint density at radius 1 is 1.28 bits per heavy atom. The normalized spacial score (nSPS) is 11.5. The third-order valence-electron chi connectivity index (χ3n) is 3.90. The van der Waals surface area contributed by atoms with Gasteiger partial charge in [0, 0.05) is 23.5 Å². The van der Waals surface area contributed by atoms with Crippen LogP contribution in [0, 0.1) is 0 Å². The summed E-state index contributed by atoms with van der Waals surface area (Å²) in [5, 5.41) is 11.2. The number of nitrogens with zero attached hydrogens (tertiary/aromatic N) is 3. The minimum atomic E-state index is -0.172. The highest BCUT2D eigenvalue weighted by molar-refractivity contribution is 6.05. The Morgan fingerprint density at radius 2 is 2.08 bits per heavy atom. The zero-order chi connectivity index (χ0) is 18.0. The van der Waals surface area contributed by atoms with Crippen LogP contribution in [0.5, 0.6) is 0 Å². The van der Waals surface area contributed by atoms with E-state index < -0.39 is 0 Å². The summed E-state index contributed by atoms with van der Waals surface area (Å²) in [6.45, 7) is 8.17. The second-order valence-corrected chi connectivity index (χ2v) is 6.87. The molecule has 0 aliphatic rings. The fourth-order valence-corrected chi connectivity index (χ4v) is 2.52. The Morgan fingerprint density at radius 3 is 2.72 bits per heavy atom. The monoisotopic (exact) mass is 338 g/mol. The van der Waals surface area contributed by atoms with Gasteiger partial charge < -0.3 is 9.84 Å². The number of rotatable bonds is 4. The van der Waals surface area contributed by atoms with E-state index >= 15 is 0 Å². The van der Waals surface area contributed by atoms with Crippen molar-refractivity contribution in [1.82, 2.24) is 14.9 Å². The van der Waals surface area contributed by atoms with Crippen molar-refractivity contribution in [2.24, 2.45) is 0 Å². The highest BCUT2D eigenvalue weighted by Crippen LogP contribution is 2.23. The van der Waals surface area contributed by atoms with Crippen molar-refractivity contribution in [2.75, 3.05) is 5.32 Å². The lowest BCUT2D eigenvalue weighted by Crippen LogP contribution is -2.22. The van der Waals surface area contributed by atoms with Crippen molar-refractivity contribution in [2.45, 2.75) is 39.7 Å². The number of carbonyl (C=O) groups excluding carboxylic acids is 1. The Hall–Kier alpha value is -2.89. The fourth-order valence-electron chi connectivity index (χ4n) is 2.52. The number of nitrogens with one attached hydrogen (secondary N) is 1. The summed E-state index contributed by atoms with van der Waals surface area (Å²) in [5.74, 6) is 0.493. The molecule has 2 aromatic heterocycles. The number of benzene rings is 1. The molecule has 0 spiro atoms. The van der Waals surface area contributed by atoms with Crippen LogP contribution in [0.1, 0.15) is 43.7 Å². The Labute approximate surface area is 146 Å². The van der Waals surface area contributed by atoms with Gasteiger partial charge in [0.1, 0.15) is 0 Å². The first kappa shape index (κ1) is 17.0. The van der Waals surface area contributed by atoms with Crippen LogP contribution >= 0.6 is 0 Å². The van der Waals surface area contributed by atoms with Crippen molar-refractivity contribution in [3.05, 3.63) is 54.0 Å². The van der Waals surface area contributed by atoms with E-state index in [2.05, 4.69) is 36.3 Å². The van der Waals surface area contributed by atoms with Gasteiger partial charge in [0.15, 0.2) is 5.76 Å². The molecule has 0 unspecified atom stereocenters. The third-order valence-corrected chi connectivity index (χ3v) is 3.90. The minimum Gasteiger partial charge on any atom is -0.356 e. The number of hydrogen-bond acceptors (Lipinski definition) is 4. The summed E-state index contributed by atoms with van der Waals surface area (Å²) in [6.07, 6.45) is 4.10. The van der Waals surface area contributed by atoms with E-state index in [4.69, 9.17) is 4.52 Å². The molecule has 0 aliphatic heterocycles. The van der Waals surface area contributed by atoms with Crippen molar-refractivity contribution < 1.29 is 9.32 Å². The second kappa shape index (κ2) is 6.55. The molecule has 6 nitrogen and oxygen atoms in total. The molecule has 0 saturated heterocycles. The van der Waals surface area contributed by atoms with Crippen molar-refractivity contribution in [3.8, 4) is 11.3 Å². The smallest absolute Gasteiger partial charge is 0.259 e. The lowest BCUT2D eigenvalue weighted by atomic mass is 10.1. The molecule has 1 N–H and O–H groups in total. The van der Waals surface area contributed by atoms with Crippen molar-refractivity contribution in [1.29, 1.82) is 0 Å². The van der Waals surface area contributed by atoms with Gasteiger partial charge in [0.25, 0.3) is 5.91 Å². The van der Waals surface area contributed by atoms with Gasteiger partial charge in [0.05, 0.1) is 23.0 Å². The zero-order valence-corrected chi connectivity index (χ0v) is 14.9. The summed E-state index contributed by atoms with van der Waals surface area (Å²) in [4.78, 5) is 12.7. The molecule has 3 rings (SSSR count). The van der Waals surface area contributed by atoms with E-state index in [-0.39, 0.29) is 11.4 Å². The van der Waals surface area contributed by atoms with E-state index in [0.29, 0.717) is 23.4 Å². The van der Waals surface area contributed by atoms with Crippen LogP contribution in [-0.2, 0) is 12.0 Å². The molecule has 1 amide bonds. The highest BCUT2D eigenvalue weighted by Gasteiger charge is 2.21. The first-order valence-electron chi connectivity index (χ1n) is 8.30. The third kappa shape index (κ3) is 3.63. The Bertz CT molecular complexity index is 873. The van der Waals surface area contributed by atoms with Gasteiger partial charge in [0.2, 0.25) is 0 Å². The van der Waals surface area contributed by atoms with Crippen molar-refractivity contribution in [3.63, 3.8) is 0 Å². The average Bonchev–Trinajstić information content (AvgIpc) is 3.24. The van der Waals surface area contributed by atoms with Gasteiger partial charge in [-0.15, -0.1) is 0 Å². The second-order valence-electron chi connectivity index (χ2n) is 6.87. The van der Waals surface area contributed by atoms with Gasteiger partial charge in [-0.1, -0.05) is 24.2 Å². The van der Waals surface area contributed by atoms with Crippen LogP contribution in [-0.4, -0.2) is 20.8 Å². The maximum Gasteiger partial charge on any atom is 0.259 e. The number of aromatic nitrogens is 3. The number of amides is 1. The average molecular weight is 338 g/mol. The highest BCUT2D eigenvalue weighted by atomic mass is 16.5. The summed E-state index contributed by atoms with van der Waals surface area (Å²) >= 11 is 0. The molecule has 6 heteroatoms. The molecule has 3 aromatic rings. The molecule has 0 radical (unpaired) electrons. The van der Waals surface area contributed by atoms with E-state index in [1.165, 1.54) is 0 Å². The van der Waals surface area contributed by atoms with E-state index in [0.717, 1.165) is 11.3 Å². The SMILES string of the molecule is CCc1nn(C(C)(C)C)cc1C(=O)Nc1cccc(-c2ccno2)c1. The molecular weight excluding hydrogens is 316 g/mol. The first-order valence-corrected chi connectivity index (χ1v) is 8.30. The first-order chi connectivity index (χ1) is 11.9.